The van der Waals surface area contributed by atoms with Crippen molar-refractivity contribution in [2.24, 2.45) is 0 Å². The number of nitrogens with zero attached hydrogens (tertiary/aromatic N) is 3. The van der Waals surface area contributed by atoms with Gasteiger partial charge in [-0.15, -0.1) is 11.3 Å². The minimum atomic E-state index is -8.35. The number of amides is 1. The molecule has 2 unspecified atom stereocenters. The molecule has 1 N–H and O–H groups in total. The molecule has 2 aromatic carbocycles. The Morgan fingerprint density at radius 1 is 0.789 bits per heavy atom. The lowest BCUT2D eigenvalue weighted by atomic mass is 9.79. The third-order valence-electron chi connectivity index (χ3n) is 11.9. The molecule has 390 valence electrons. The van der Waals surface area contributed by atoms with Crippen LogP contribution in [0.5, 0.6) is 5.75 Å². The largest absolute Gasteiger partial charge is 0.480 e. The van der Waals surface area contributed by atoms with Crippen LogP contribution in [-0.2, 0) is 16.1 Å². The van der Waals surface area contributed by atoms with Crippen LogP contribution in [0.25, 0.3) is 11.0 Å². The number of para-hydroxylation sites is 2. The number of aromatic nitrogens is 1. The summed E-state index contributed by atoms with van der Waals surface area (Å²) < 4.78 is 248. The van der Waals surface area contributed by atoms with Gasteiger partial charge in [-0.2, -0.15) is 65.9 Å². The SMILES string of the molecule is CCCCCCCCN1C(=O)/C(=c2/s/c(=C\c3ccc4c(c3)C3CCCC3N4c3ccccc3OC(=C(C(F)(C(F)(F)F)C(F)(F)F)C(F)(C(F)(F)F)C(F)(F)F)C(F)(F)F)c(=O)n2CC(=O)O)SC1=S. The predicted octanol–water partition coefficient (Wildman–Crippen LogP) is 11.8. The summed E-state index contributed by atoms with van der Waals surface area (Å²) in [5.41, 5.74) is -23.5. The van der Waals surface area contributed by atoms with Crippen molar-refractivity contribution < 1.29 is 94.1 Å². The number of thiazole rings is 1. The number of carboxylic acid groups (broad SMARTS) is 1. The number of carbonyl (C=O) groups is 2. The summed E-state index contributed by atoms with van der Waals surface area (Å²) in [6, 6.07) is 5.73. The van der Waals surface area contributed by atoms with Crippen LogP contribution in [0, 0.1) is 0 Å². The van der Waals surface area contributed by atoms with Gasteiger partial charge in [0.15, 0.2) is 5.75 Å². The second-order valence-electron chi connectivity index (χ2n) is 16.5. The number of carboxylic acids is 1. The van der Waals surface area contributed by atoms with Crippen LogP contribution in [0.4, 0.5) is 86.0 Å². The van der Waals surface area contributed by atoms with Gasteiger partial charge in [0.2, 0.25) is 5.76 Å². The van der Waals surface area contributed by atoms with Crippen molar-refractivity contribution in [1.29, 1.82) is 0 Å². The highest BCUT2D eigenvalue weighted by atomic mass is 32.2. The quantitative estimate of drug-likeness (QED) is 0.0697. The Kier molecular flexibility index (Phi) is 15.5. The average Bonchev–Trinajstić information content (AvgIpc) is 3.99. The maximum absolute atomic E-state index is 15.6. The van der Waals surface area contributed by atoms with Gasteiger partial charge in [-0.25, -0.2) is 8.78 Å². The molecule has 6 rings (SSSR count). The van der Waals surface area contributed by atoms with Crippen molar-refractivity contribution >= 4 is 73.9 Å². The molecule has 1 aromatic heterocycles. The van der Waals surface area contributed by atoms with Gasteiger partial charge in [0.05, 0.1) is 15.8 Å². The lowest BCUT2D eigenvalue weighted by Crippen LogP contribution is -2.67. The maximum Gasteiger partial charge on any atom is 0.449 e. The average molecular weight is 1090 g/mol. The predicted molar refractivity (Wildman–Crippen MR) is 229 cm³/mol. The van der Waals surface area contributed by atoms with Crippen LogP contribution in [0.15, 0.2) is 58.6 Å². The van der Waals surface area contributed by atoms with Gasteiger partial charge in [0.1, 0.15) is 20.4 Å². The highest BCUT2D eigenvalue weighted by molar-refractivity contribution is 8.30. The third-order valence-corrected chi connectivity index (χ3v) is 14.6. The van der Waals surface area contributed by atoms with Crippen LogP contribution in [0.3, 0.4) is 0 Å². The molecule has 1 saturated heterocycles. The fraction of sp³-hybridized carbons (Fsp3) is 0.488. The van der Waals surface area contributed by atoms with Crippen molar-refractivity contribution in [3.63, 3.8) is 0 Å². The van der Waals surface area contributed by atoms with E-state index in [-0.39, 0.29) is 55.1 Å². The minimum Gasteiger partial charge on any atom is -0.480 e. The van der Waals surface area contributed by atoms with Crippen molar-refractivity contribution in [2.45, 2.75) is 125 Å². The summed E-state index contributed by atoms with van der Waals surface area (Å²) in [5.74, 6) is -8.95. The molecule has 1 saturated carbocycles. The normalized spacial score (nSPS) is 19.2. The molecule has 0 spiro atoms. The number of halogens is 17. The number of hydrogen-bond acceptors (Lipinski definition) is 8. The number of carbonyl (C=O) groups excluding carboxylic acids is 1. The zero-order chi connectivity index (χ0) is 53.0. The monoisotopic (exact) mass is 1090 g/mol. The Morgan fingerprint density at radius 2 is 1.37 bits per heavy atom. The number of rotatable bonds is 15. The lowest BCUT2D eigenvalue weighted by Gasteiger charge is -2.41. The lowest BCUT2D eigenvalue weighted by molar-refractivity contribution is -0.365. The van der Waals surface area contributed by atoms with Crippen LogP contribution < -0.4 is 24.4 Å². The summed E-state index contributed by atoms with van der Waals surface area (Å²) >= 11 is 7.05. The molecule has 8 nitrogen and oxygen atoms in total. The van der Waals surface area contributed by atoms with Gasteiger partial charge in [0, 0.05) is 24.2 Å². The molecule has 3 heterocycles. The summed E-state index contributed by atoms with van der Waals surface area (Å²) in [5, 5.41) is 9.69. The fourth-order valence-corrected chi connectivity index (χ4v) is 11.3. The van der Waals surface area contributed by atoms with Gasteiger partial charge in [-0.1, -0.05) is 87.6 Å². The first-order chi connectivity index (χ1) is 32.7. The number of thiocarbonyl (C=S) groups is 1. The second kappa shape index (κ2) is 19.9. The van der Waals surface area contributed by atoms with Gasteiger partial charge in [-0.3, -0.25) is 23.9 Å². The first kappa shape index (κ1) is 55.5. The van der Waals surface area contributed by atoms with Crippen LogP contribution in [0.2, 0.25) is 0 Å². The highest BCUT2D eigenvalue weighted by Crippen LogP contribution is 2.63. The number of hydrogen-bond donors (Lipinski definition) is 1. The van der Waals surface area contributed by atoms with Gasteiger partial charge < -0.3 is 14.7 Å². The molecule has 0 bridgehead atoms. The first-order valence-corrected chi connectivity index (χ1v) is 23.1. The molecular weight excluding hydrogens is 1060 g/mol. The third kappa shape index (κ3) is 10.3. The summed E-state index contributed by atoms with van der Waals surface area (Å²) in [7, 11) is 0. The number of alkyl halides is 17. The van der Waals surface area contributed by atoms with E-state index >= 15 is 8.78 Å². The molecule has 71 heavy (non-hydrogen) atoms. The van der Waals surface area contributed by atoms with E-state index in [2.05, 4.69) is 11.7 Å². The Labute approximate surface area is 403 Å². The van der Waals surface area contributed by atoms with E-state index in [4.69, 9.17) is 12.2 Å². The van der Waals surface area contributed by atoms with E-state index in [0.29, 0.717) is 24.5 Å². The molecule has 2 atom stereocenters. The Morgan fingerprint density at radius 3 is 1.93 bits per heavy atom. The number of aliphatic carboxylic acids is 1. The topological polar surface area (TPSA) is 92.1 Å². The van der Waals surface area contributed by atoms with E-state index in [1.165, 1.54) is 29.2 Å². The number of anilines is 2. The Hall–Kier alpha value is -4.86. The minimum absolute atomic E-state index is 0.0121. The zero-order valence-corrected chi connectivity index (χ0v) is 38.6. The zero-order valence-electron chi connectivity index (χ0n) is 36.1. The van der Waals surface area contributed by atoms with Crippen LogP contribution in [0.1, 0.15) is 81.8 Å². The van der Waals surface area contributed by atoms with Crippen molar-refractivity contribution in [3.05, 3.63) is 84.5 Å². The summed E-state index contributed by atoms with van der Waals surface area (Å²) in [6.07, 6.45) is -32.6. The number of ether oxygens (including phenoxy) is 1. The molecule has 1 amide bonds. The highest BCUT2D eigenvalue weighted by Gasteiger charge is 2.88. The number of allylic oxidation sites excluding steroid dienone is 2. The smallest absolute Gasteiger partial charge is 0.449 e. The Bertz CT molecular complexity index is 2710. The number of fused-ring (bicyclic) bond motifs is 3. The van der Waals surface area contributed by atoms with Crippen LogP contribution in [-0.4, -0.2) is 85.6 Å². The van der Waals surface area contributed by atoms with Crippen LogP contribution >= 0.6 is 35.3 Å². The maximum atomic E-state index is 15.6. The van der Waals surface area contributed by atoms with E-state index in [1.54, 1.807) is 0 Å². The number of unbranched alkanes of at least 4 members (excludes halogenated alkanes) is 5. The molecule has 3 aromatic rings. The number of benzene rings is 2. The fourth-order valence-electron chi connectivity index (χ4n) is 8.71. The van der Waals surface area contributed by atoms with E-state index in [1.807, 2.05) is 0 Å². The van der Waals surface area contributed by atoms with Gasteiger partial charge >= 0.3 is 48.2 Å². The van der Waals surface area contributed by atoms with Crippen molar-refractivity contribution in [2.75, 3.05) is 11.4 Å². The summed E-state index contributed by atoms with van der Waals surface area (Å²) in [6.45, 7) is 1.44. The number of thioether (sulfide) groups is 1. The molecule has 28 heteroatoms. The Balaban J connectivity index is 1.49. The molecule has 2 fully saturated rings. The van der Waals surface area contributed by atoms with Crippen molar-refractivity contribution in [1.82, 2.24) is 9.47 Å². The van der Waals surface area contributed by atoms with E-state index in [9.17, 15) is 85.3 Å². The molecule has 3 aliphatic rings. The molecular formula is C43H36F17N3O5S3. The second-order valence-corrected chi connectivity index (χ2v) is 19.2. The molecule has 0 radical (unpaired) electrons. The van der Waals surface area contributed by atoms with Gasteiger partial charge in [0.25, 0.3) is 11.5 Å². The molecule has 1 aliphatic carbocycles. The summed E-state index contributed by atoms with van der Waals surface area (Å²) in [4.78, 5) is 41.7. The molecule has 2 aliphatic heterocycles. The van der Waals surface area contributed by atoms with Crippen molar-refractivity contribution in [3.8, 4) is 5.75 Å². The first-order valence-electron chi connectivity index (χ1n) is 21.1. The van der Waals surface area contributed by atoms with E-state index in [0.717, 1.165) is 76.8 Å². The van der Waals surface area contributed by atoms with Gasteiger partial charge in [-0.05, 0) is 60.7 Å². The standard InChI is InChI=1S/C43H36F17N3O5S3/c1-2-3-4-5-6-9-17-61-34(67)30(71-36(61)69)35-62(20-29(64)65)33(66)28(70-35)19-21-15-16-25-23(18-21)22-11-10-13-24(22)63(25)26-12-7-8-14-27(26)68-32(39(46,47)48)31(37(44,40(49,50)51)41(52,53)54)38(45,42(55,56)57)43(58,59)60/h7-8,12,14-16,18-19,22,24H,2-6,9-11,13,17,20H2,1H3,(H,64,65)/b28-19-,35-30-. The van der Waals surface area contributed by atoms with E-state index < -0.39 is 101 Å².